The van der Waals surface area contributed by atoms with Gasteiger partial charge in [0.05, 0.1) is 9.90 Å². The van der Waals surface area contributed by atoms with E-state index in [1.807, 2.05) is 0 Å². The second kappa shape index (κ2) is 4.85. The molecule has 90 valence electrons. The lowest BCUT2D eigenvalue weighted by molar-refractivity contribution is 0.0947. The first-order valence-corrected chi connectivity index (χ1v) is 7.08. The zero-order chi connectivity index (χ0) is 12.6. The van der Waals surface area contributed by atoms with Crippen LogP contribution < -0.4 is 5.73 Å². The number of hydrogen-bond acceptors (Lipinski definition) is 6. The third kappa shape index (κ3) is 2.42. The quantitative estimate of drug-likeness (QED) is 0.863. The molecule has 9 heteroatoms. The Morgan fingerprint density at radius 3 is 2.76 bits per heavy atom. The van der Waals surface area contributed by atoms with Gasteiger partial charge in [-0.25, -0.2) is 0 Å². The number of carbonyl (C=O) groups is 1. The summed E-state index contributed by atoms with van der Waals surface area (Å²) in [6, 6.07) is 1.48. The number of nitrogens with two attached hydrogens (primary N) is 1. The minimum Gasteiger partial charge on any atom is -0.368 e. The van der Waals surface area contributed by atoms with Crippen LogP contribution in [0.15, 0.2) is 11.2 Å². The largest absolute Gasteiger partial charge is 0.368 e. The first-order valence-electron chi connectivity index (χ1n) is 4.29. The van der Waals surface area contributed by atoms with Gasteiger partial charge in [-0.15, -0.1) is 16.4 Å². The highest BCUT2D eigenvalue weighted by Gasteiger charge is 2.20. The highest BCUT2D eigenvalue weighted by molar-refractivity contribution is 7.98. The van der Waals surface area contributed by atoms with Gasteiger partial charge in [0.15, 0.2) is 0 Å². The summed E-state index contributed by atoms with van der Waals surface area (Å²) in [7, 11) is 0. The SMILES string of the molecule is CSc1nc(N)n(C(=O)c2cc(Cl)sc2Cl)n1. The lowest BCUT2D eigenvalue weighted by Crippen LogP contribution is -2.16. The molecule has 0 aliphatic carbocycles. The van der Waals surface area contributed by atoms with Crippen LogP contribution in [0.1, 0.15) is 10.4 Å². The molecule has 0 atom stereocenters. The molecule has 17 heavy (non-hydrogen) atoms. The molecule has 0 radical (unpaired) electrons. The third-order valence-electron chi connectivity index (χ3n) is 1.87. The van der Waals surface area contributed by atoms with E-state index in [1.54, 1.807) is 6.26 Å². The van der Waals surface area contributed by atoms with E-state index in [0.717, 1.165) is 16.0 Å². The smallest absolute Gasteiger partial charge is 0.283 e. The van der Waals surface area contributed by atoms with Crippen molar-refractivity contribution in [2.75, 3.05) is 12.0 Å². The fourth-order valence-corrected chi connectivity index (χ4v) is 2.94. The summed E-state index contributed by atoms with van der Waals surface area (Å²) in [6.07, 6.45) is 1.79. The topological polar surface area (TPSA) is 73.8 Å². The summed E-state index contributed by atoms with van der Waals surface area (Å²) in [5, 5.41) is 4.38. The highest BCUT2D eigenvalue weighted by Crippen LogP contribution is 2.31. The Labute approximate surface area is 115 Å². The van der Waals surface area contributed by atoms with Gasteiger partial charge < -0.3 is 5.73 Å². The molecule has 2 aromatic heterocycles. The molecule has 0 aliphatic rings. The van der Waals surface area contributed by atoms with Crippen LogP contribution in [-0.4, -0.2) is 26.9 Å². The van der Waals surface area contributed by atoms with Crippen molar-refractivity contribution in [2.24, 2.45) is 0 Å². The molecule has 0 unspecified atom stereocenters. The van der Waals surface area contributed by atoms with E-state index in [-0.39, 0.29) is 11.5 Å². The minimum atomic E-state index is -0.441. The predicted molar refractivity (Wildman–Crippen MR) is 70.3 cm³/mol. The molecule has 5 nitrogen and oxygen atoms in total. The zero-order valence-corrected chi connectivity index (χ0v) is 11.6. The van der Waals surface area contributed by atoms with Crippen LogP contribution in [-0.2, 0) is 0 Å². The van der Waals surface area contributed by atoms with Crippen LogP contribution in [0.25, 0.3) is 0 Å². The Kier molecular flexibility index (Phi) is 3.62. The van der Waals surface area contributed by atoms with Crippen LogP contribution in [0.3, 0.4) is 0 Å². The number of thiophene rings is 1. The highest BCUT2D eigenvalue weighted by atomic mass is 35.5. The van der Waals surface area contributed by atoms with Crippen molar-refractivity contribution in [3.63, 3.8) is 0 Å². The van der Waals surface area contributed by atoms with Gasteiger partial charge in [-0.05, 0) is 12.3 Å². The van der Waals surface area contributed by atoms with Gasteiger partial charge in [0.2, 0.25) is 11.1 Å². The predicted octanol–water partition coefficient (Wildman–Crippen LogP) is 2.64. The summed E-state index contributed by atoms with van der Waals surface area (Å²) >= 11 is 14.1. The number of anilines is 1. The molecule has 2 rings (SSSR count). The molecule has 2 aromatic rings. The summed E-state index contributed by atoms with van der Waals surface area (Å²) < 4.78 is 1.75. The van der Waals surface area contributed by atoms with Crippen LogP contribution >= 0.6 is 46.3 Å². The molecule has 0 spiro atoms. The molecule has 0 bridgehead atoms. The molecule has 0 fully saturated rings. The van der Waals surface area contributed by atoms with Crippen LogP contribution in [0, 0.1) is 0 Å². The Balaban J connectivity index is 2.43. The monoisotopic (exact) mass is 308 g/mol. The first-order chi connectivity index (χ1) is 8.02. The molecular weight excluding hydrogens is 303 g/mol. The van der Waals surface area contributed by atoms with Gasteiger partial charge in [0.1, 0.15) is 4.34 Å². The van der Waals surface area contributed by atoms with Gasteiger partial charge >= 0.3 is 0 Å². The number of rotatable bonds is 2. The van der Waals surface area contributed by atoms with E-state index in [0.29, 0.717) is 13.8 Å². The molecule has 0 aliphatic heterocycles. The van der Waals surface area contributed by atoms with E-state index in [2.05, 4.69) is 10.1 Å². The molecule has 0 saturated carbocycles. The van der Waals surface area contributed by atoms with E-state index in [1.165, 1.54) is 17.8 Å². The number of aromatic nitrogens is 3. The zero-order valence-electron chi connectivity index (χ0n) is 8.48. The number of carbonyl (C=O) groups excluding carboxylic acids is 1. The average Bonchev–Trinajstić information content (AvgIpc) is 2.81. The van der Waals surface area contributed by atoms with Gasteiger partial charge in [0, 0.05) is 0 Å². The maximum Gasteiger partial charge on any atom is 0.283 e. The standard InChI is InChI=1S/C8H6Cl2N4OS2/c1-16-8-12-7(11)14(13-8)6(15)3-2-4(9)17-5(3)10/h2H,1H3,(H2,11,12,13). The molecule has 2 N–H and O–H groups in total. The molecule has 0 saturated heterocycles. The van der Waals surface area contributed by atoms with Gasteiger partial charge in [-0.3, -0.25) is 4.79 Å². The average molecular weight is 309 g/mol. The van der Waals surface area contributed by atoms with Crippen molar-refractivity contribution < 1.29 is 4.79 Å². The number of halogens is 2. The van der Waals surface area contributed by atoms with Crippen molar-refractivity contribution in [3.8, 4) is 0 Å². The Morgan fingerprint density at radius 2 is 2.29 bits per heavy atom. The summed E-state index contributed by atoms with van der Waals surface area (Å²) in [5.41, 5.74) is 5.86. The van der Waals surface area contributed by atoms with E-state index < -0.39 is 5.91 Å². The van der Waals surface area contributed by atoms with Crippen LogP contribution in [0.2, 0.25) is 8.67 Å². The number of thioether (sulfide) groups is 1. The van der Waals surface area contributed by atoms with E-state index in [9.17, 15) is 4.79 Å². The lowest BCUT2D eigenvalue weighted by Gasteiger charge is -1.98. The van der Waals surface area contributed by atoms with Crippen LogP contribution in [0.4, 0.5) is 5.95 Å². The van der Waals surface area contributed by atoms with Gasteiger partial charge in [-0.1, -0.05) is 35.0 Å². The summed E-state index contributed by atoms with van der Waals surface area (Å²) in [6.45, 7) is 0. The fraction of sp³-hybridized carbons (Fsp3) is 0.125. The first kappa shape index (κ1) is 12.7. The minimum absolute atomic E-state index is 0.0257. The van der Waals surface area contributed by atoms with Crippen molar-refractivity contribution in [1.29, 1.82) is 0 Å². The molecule has 0 aromatic carbocycles. The van der Waals surface area contributed by atoms with Crippen LogP contribution in [0.5, 0.6) is 0 Å². The summed E-state index contributed by atoms with van der Waals surface area (Å²) in [5.74, 6) is -0.416. The molecular formula is C8H6Cl2N4OS2. The maximum absolute atomic E-state index is 12.1. The van der Waals surface area contributed by atoms with Crippen molar-refractivity contribution in [3.05, 3.63) is 20.3 Å². The van der Waals surface area contributed by atoms with Crippen molar-refractivity contribution >= 4 is 58.2 Å². The second-order valence-electron chi connectivity index (χ2n) is 2.91. The Hall–Kier alpha value is -0.760. The fourth-order valence-electron chi connectivity index (χ4n) is 1.14. The lowest BCUT2D eigenvalue weighted by atomic mass is 10.3. The van der Waals surface area contributed by atoms with E-state index in [4.69, 9.17) is 28.9 Å². The van der Waals surface area contributed by atoms with Gasteiger partial charge in [0.25, 0.3) is 5.91 Å². The third-order valence-corrected chi connectivity index (χ3v) is 3.90. The van der Waals surface area contributed by atoms with Gasteiger partial charge in [-0.2, -0.15) is 9.67 Å². The number of nitrogen functional groups attached to an aromatic ring is 1. The normalized spacial score (nSPS) is 10.8. The van der Waals surface area contributed by atoms with E-state index >= 15 is 0 Å². The Morgan fingerprint density at radius 1 is 1.59 bits per heavy atom. The Bertz CT molecular complexity index is 580. The second-order valence-corrected chi connectivity index (χ2v) is 5.97. The molecule has 2 heterocycles. The summed E-state index contributed by atoms with van der Waals surface area (Å²) in [4.78, 5) is 16.0. The van der Waals surface area contributed by atoms with Crippen molar-refractivity contribution in [1.82, 2.24) is 14.8 Å². The van der Waals surface area contributed by atoms with Crippen molar-refractivity contribution in [2.45, 2.75) is 5.16 Å². The molecule has 0 amide bonds. The number of hydrogen-bond donors (Lipinski definition) is 1. The number of nitrogens with zero attached hydrogens (tertiary/aromatic N) is 3. The maximum atomic E-state index is 12.1.